The minimum atomic E-state index is -0.281. The van der Waals surface area contributed by atoms with Gasteiger partial charge in [0.05, 0.1) is 19.2 Å². The Hall–Kier alpha value is -2.44. The lowest BCUT2D eigenvalue weighted by molar-refractivity contribution is -0.131. The maximum absolute atomic E-state index is 12.3. The van der Waals surface area contributed by atoms with Crippen LogP contribution in [0.15, 0.2) is 22.9 Å². The number of ether oxygens (including phenoxy) is 1. The maximum Gasteiger partial charge on any atom is 0.249 e. The molecule has 0 saturated heterocycles. The molecule has 1 atom stereocenters. The van der Waals surface area contributed by atoms with Gasteiger partial charge in [-0.25, -0.2) is 0 Å². The first-order valence-electron chi connectivity index (χ1n) is 7.14. The Balaban J connectivity index is 1.98. The minimum Gasteiger partial charge on any atom is -0.492 e. The van der Waals surface area contributed by atoms with Crippen LogP contribution in [-0.4, -0.2) is 39.6 Å². The van der Waals surface area contributed by atoms with Crippen molar-refractivity contribution >= 4 is 5.91 Å². The molecule has 7 nitrogen and oxygen atoms in total. The summed E-state index contributed by atoms with van der Waals surface area (Å²) < 4.78 is 10.4. The molecule has 0 fully saturated rings. The summed E-state index contributed by atoms with van der Waals surface area (Å²) in [6.07, 6.45) is 1.83. The van der Waals surface area contributed by atoms with Crippen molar-refractivity contribution in [1.82, 2.24) is 20.0 Å². The Kier molecular flexibility index (Phi) is 5.08. The Morgan fingerprint density at radius 3 is 2.77 bits per heavy atom. The van der Waals surface area contributed by atoms with Gasteiger partial charge in [0, 0.05) is 12.7 Å². The number of hydrogen-bond donors (Lipinski definition) is 0. The van der Waals surface area contributed by atoms with E-state index in [1.165, 1.54) is 0 Å². The molecule has 0 N–H and O–H groups in total. The smallest absolute Gasteiger partial charge is 0.249 e. The van der Waals surface area contributed by atoms with Gasteiger partial charge in [-0.15, -0.1) is 0 Å². The zero-order valence-corrected chi connectivity index (χ0v) is 13.2. The van der Waals surface area contributed by atoms with Crippen molar-refractivity contribution in [1.29, 1.82) is 0 Å². The number of aromatic nitrogens is 3. The Labute approximate surface area is 129 Å². The van der Waals surface area contributed by atoms with Crippen molar-refractivity contribution in [3.8, 4) is 5.75 Å². The predicted molar refractivity (Wildman–Crippen MR) is 79.3 cm³/mol. The van der Waals surface area contributed by atoms with Crippen LogP contribution in [0.4, 0.5) is 0 Å². The second-order valence-corrected chi connectivity index (χ2v) is 4.96. The van der Waals surface area contributed by atoms with Gasteiger partial charge in [0.15, 0.2) is 5.82 Å². The normalized spacial score (nSPS) is 12.0. The fraction of sp³-hybridized carbons (Fsp3) is 0.467. The van der Waals surface area contributed by atoms with Crippen LogP contribution in [0.5, 0.6) is 5.75 Å². The molecule has 0 aliphatic carbocycles. The number of nitrogens with zero attached hydrogens (tertiary/aromatic N) is 4. The molecule has 0 aliphatic heterocycles. The summed E-state index contributed by atoms with van der Waals surface area (Å²) in [4.78, 5) is 22.3. The summed E-state index contributed by atoms with van der Waals surface area (Å²) in [6, 6.07) is 3.32. The number of carbonyl (C=O) groups excluding carboxylic acids is 1. The summed E-state index contributed by atoms with van der Waals surface area (Å²) in [7, 11) is 1.71. The largest absolute Gasteiger partial charge is 0.492 e. The molecule has 2 rings (SSSR count). The van der Waals surface area contributed by atoms with Gasteiger partial charge in [-0.1, -0.05) is 5.16 Å². The molecule has 2 aromatic heterocycles. The number of likely N-dealkylation sites (N-methyl/N-ethyl adjacent to an activating group) is 1. The van der Waals surface area contributed by atoms with Crippen molar-refractivity contribution in [2.75, 3.05) is 13.7 Å². The molecule has 2 heterocycles. The van der Waals surface area contributed by atoms with E-state index in [-0.39, 0.29) is 18.4 Å². The molecule has 2 aromatic rings. The van der Waals surface area contributed by atoms with Crippen LogP contribution in [0.3, 0.4) is 0 Å². The van der Waals surface area contributed by atoms with E-state index in [0.29, 0.717) is 29.8 Å². The first-order chi connectivity index (χ1) is 10.5. The molecule has 118 valence electrons. The number of aryl methyl sites for hydroxylation is 1. The van der Waals surface area contributed by atoms with Gasteiger partial charge in [-0.2, -0.15) is 4.98 Å². The molecule has 0 bridgehead atoms. The third-order valence-electron chi connectivity index (χ3n) is 3.32. The van der Waals surface area contributed by atoms with Gasteiger partial charge in [0.25, 0.3) is 0 Å². The second-order valence-electron chi connectivity index (χ2n) is 4.96. The molecule has 22 heavy (non-hydrogen) atoms. The highest BCUT2D eigenvalue weighted by atomic mass is 16.5. The summed E-state index contributed by atoms with van der Waals surface area (Å²) in [5.74, 6) is 1.60. The van der Waals surface area contributed by atoms with E-state index in [1.54, 1.807) is 31.1 Å². The van der Waals surface area contributed by atoms with Crippen LogP contribution in [-0.2, 0) is 11.2 Å². The van der Waals surface area contributed by atoms with Crippen molar-refractivity contribution in [2.24, 2.45) is 0 Å². The number of carbonyl (C=O) groups is 1. The lowest BCUT2D eigenvalue weighted by Crippen LogP contribution is -2.31. The quantitative estimate of drug-likeness (QED) is 0.811. The van der Waals surface area contributed by atoms with E-state index in [0.717, 1.165) is 0 Å². The highest BCUT2D eigenvalue weighted by Gasteiger charge is 2.22. The molecule has 7 heteroatoms. The maximum atomic E-state index is 12.3. The summed E-state index contributed by atoms with van der Waals surface area (Å²) >= 11 is 0. The zero-order valence-electron chi connectivity index (χ0n) is 13.2. The van der Waals surface area contributed by atoms with E-state index in [4.69, 9.17) is 9.26 Å². The van der Waals surface area contributed by atoms with Gasteiger partial charge < -0.3 is 14.2 Å². The first-order valence-corrected chi connectivity index (χ1v) is 7.14. The van der Waals surface area contributed by atoms with Gasteiger partial charge in [0.2, 0.25) is 11.8 Å². The monoisotopic (exact) mass is 304 g/mol. The molecule has 0 saturated carbocycles. The van der Waals surface area contributed by atoms with E-state index < -0.39 is 0 Å². The predicted octanol–water partition coefficient (Wildman–Crippen LogP) is 1.93. The van der Waals surface area contributed by atoms with E-state index >= 15 is 0 Å². The van der Waals surface area contributed by atoms with Crippen LogP contribution in [0, 0.1) is 6.92 Å². The number of hydrogen-bond acceptors (Lipinski definition) is 6. The fourth-order valence-corrected chi connectivity index (χ4v) is 1.91. The number of pyridine rings is 1. The van der Waals surface area contributed by atoms with Gasteiger partial charge in [-0.3, -0.25) is 9.78 Å². The van der Waals surface area contributed by atoms with Crippen LogP contribution in [0.1, 0.15) is 37.3 Å². The van der Waals surface area contributed by atoms with E-state index in [1.807, 2.05) is 19.9 Å². The molecule has 0 aliphatic rings. The molecule has 0 radical (unpaired) electrons. The van der Waals surface area contributed by atoms with Gasteiger partial charge in [-0.05, 0) is 32.9 Å². The average Bonchev–Trinajstić information content (AvgIpc) is 2.94. The molecule has 1 amide bonds. The van der Waals surface area contributed by atoms with Gasteiger partial charge in [0.1, 0.15) is 11.8 Å². The number of amides is 1. The highest BCUT2D eigenvalue weighted by Crippen LogP contribution is 2.18. The molecule has 1 unspecified atom stereocenters. The highest BCUT2D eigenvalue weighted by molar-refractivity contribution is 5.78. The minimum absolute atomic E-state index is 0.0694. The molecule has 0 aromatic carbocycles. The Morgan fingerprint density at radius 2 is 2.23 bits per heavy atom. The van der Waals surface area contributed by atoms with Crippen LogP contribution in [0.2, 0.25) is 0 Å². The Bertz CT molecular complexity index is 624. The van der Waals surface area contributed by atoms with Crippen LogP contribution in [0.25, 0.3) is 0 Å². The van der Waals surface area contributed by atoms with E-state index in [9.17, 15) is 4.79 Å². The summed E-state index contributed by atoms with van der Waals surface area (Å²) in [6.45, 7) is 6.08. The summed E-state index contributed by atoms with van der Waals surface area (Å²) in [5, 5.41) is 3.74. The van der Waals surface area contributed by atoms with Crippen molar-refractivity contribution in [3.05, 3.63) is 35.7 Å². The Morgan fingerprint density at radius 1 is 1.45 bits per heavy atom. The third-order valence-corrected chi connectivity index (χ3v) is 3.32. The molecule has 0 spiro atoms. The SMILES string of the molecule is CCOc1ccc(CC(=O)N(C)C(C)c2nc(C)no2)nc1. The third kappa shape index (κ3) is 3.81. The lowest BCUT2D eigenvalue weighted by atomic mass is 10.2. The van der Waals surface area contributed by atoms with Crippen molar-refractivity contribution in [3.63, 3.8) is 0 Å². The lowest BCUT2D eigenvalue weighted by Gasteiger charge is -2.21. The van der Waals surface area contributed by atoms with Crippen LogP contribution >= 0.6 is 0 Å². The first kappa shape index (κ1) is 15.9. The van der Waals surface area contributed by atoms with Crippen molar-refractivity contribution in [2.45, 2.75) is 33.2 Å². The zero-order chi connectivity index (χ0) is 16.1. The molecular weight excluding hydrogens is 284 g/mol. The summed E-state index contributed by atoms with van der Waals surface area (Å²) in [5.41, 5.74) is 0.689. The van der Waals surface area contributed by atoms with E-state index in [2.05, 4.69) is 15.1 Å². The second kappa shape index (κ2) is 7.02. The fourth-order valence-electron chi connectivity index (χ4n) is 1.91. The van der Waals surface area contributed by atoms with Crippen LogP contribution < -0.4 is 4.74 Å². The topological polar surface area (TPSA) is 81.4 Å². The average molecular weight is 304 g/mol. The van der Waals surface area contributed by atoms with Gasteiger partial charge >= 0.3 is 0 Å². The molecular formula is C15H20N4O3. The standard InChI is InChI=1S/C15H20N4O3/c1-5-21-13-7-6-12(16-9-13)8-14(20)19(4)10(2)15-17-11(3)18-22-15/h6-7,9-10H,5,8H2,1-4H3. The van der Waals surface area contributed by atoms with Crippen molar-refractivity contribution < 1.29 is 14.1 Å². The number of rotatable bonds is 6.